The molecule has 3 rings (SSSR count). The number of esters is 1. The average molecular weight is 351 g/mol. The molecule has 0 fully saturated rings. The summed E-state index contributed by atoms with van der Waals surface area (Å²) in [6.07, 6.45) is 0. The Kier molecular flexibility index (Phi) is 4.93. The van der Waals surface area contributed by atoms with Gasteiger partial charge in [-0.25, -0.2) is 4.79 Å². The van der Waals surface area contributed by atoms with Crippen LogP contribution in [0.4, 0.5) is 17.6 Å². The molecule has 2 aromatic carbocycles. The molecule has 3 aromatic rings. The molecule has 0 radical (unpaired) electrons. The minimum absolute atomic E-state index is 0.0115. The molecule has 8 nitrogen and oxygen atoms in total. The summed E-state index contributed by atoms with van der Waals surface area (Å²) in [4.78, 5) is 24.2. The summed E-state index contributed by atoms with van der Waals surface area (Å²) in [5.74, 6) is -0.101. The monoisotopic (exact) mass is 351 g/mol. The third-order valence-corrected chi connectivity index (χ3v) is 3.51. The van der Waals surface area contributed by atoms with E-state index in [1.807, 2.05) is 30.3 Å². The van der Waals surface area contributed by atoms with E-state index in [0.29, 0.717) is 5.56 Å². The number of phenols is 1. The Morgan fingerprint density at radius 3 is 2.65 bits per heavy atom. The van der Waals surface area contributed by atoms with Crippen LogP contribution < -0.4 is 11.1 Å². The molecule has 4 N–H and O–H groups in total. The van der Waals surface area contributed by atoms with Crippen LogP contribution in [-0.4, -0.2) is 26.0 Å². The van der Waals surface area contributed by atoms with Gasteiger partial charge in [-0.2, -0.15) is 15.0 Å². The highest BCUT2D eigenvalue weighted by Gasteiger charge is 2.12. The third-order valence-electron chi connectivity index (χ3n) is 3.51. The molecule has 0 saturated carbocycles. The minimum Gasteiger partial charge on any atom is -0.508 e. The molecule has 0 aliphatic heterocycles. The highest BCUT2D eigenvalue weighted by molar-refractivity contribution is 5.90. The summed E-state index contributed by atoms with van der Waals surface area (Å²) >= 11 is 0. The van der Waals surface area contributed by atoms with Crippen molar-refractivity contribution in [3.8, 4) is 5.75 Å². The number of rotatable bonds is 5. The van der Waals surface area contributed by atoms with Crippen molar-refractivity contribution in [3.05, 3.63) is 65.5 Å². The molecule has 0 atom stereocenters. The van der Waals surface area contributed by atoms with Crippen LogP contribution in [0.2, 0.25) is 0 Å². The Balaban J connectivity index is 1.69. The number of aromatic hydroxyl groups is 1. The third kappa shape index (κ3) is 4.23. The fourth-order valence-electron chi connectivity index (χ4n) is 2.16. The fraction of sp³-hybridized carbons (Fsp3) is 0.111. The van der Waals surface area contributed by atoms with E-state index in [4.69, 9.17) is 10.5 Å². The molecule has 0 spiro atoms. The highest BCUT2D eigenvalue weighted by atomic mass is 16.5. The number of nitrogens with one attached hydrogen (secondary N) is 1. The minimum atomic E-state index is -0.600. The Morgan fingerprint density at radius 1 is 1.15 bits per heavy atom. The first-order chi connectivity index (χ1) is 12.5. The molecular weight excluding hydrogens is 334 g/mol. The number of ether oxygens (including phenoxy) is 1. The highest BCUT2D eigenvalue weighted by Crippen LogP contribution is 2.18. The van der Waals surface area contributed by atoms with E-state index in [2.05, 4.69) is 20.3 Å². The van der Waals surface area contributed by atoms with Gasteiger partial charge in [-0.05, 0) is 36.8 Å². The largest absolute Gasteiger partial charge is 0.508 e. The van der Waals surface area contributed by atoms with Crippen molar-refractivity contribution in [2.45, 2.75) is 13.5 Å². The lowest BCUT2D eigenvalue weighted by molar-refractivity contribution is 0.0461. The number of benzene rings is 2. The zero-order chi connectivity index (χ0) is 18.5. The van der Waals surface area contributed by atoms with E-state index in [0.717, 1.165) is 5.69 Å². The average Bonchev–Trinajstić information content (AvgIpc) is 2.62. The van der Waals surface area contributed by atoms with Crippen LogP contribution in [0.3, 0.4) is 0 Å². The van der Waals surface area contributed by atoms with Gasteiger partial charge in [0.15, 0.2) is 12.4 Å². The molecule has 26 heavy (non-hydrogen) atoms. The lowest BCUT2D eigenvalue weighted by atomic mass is 10.1. The van der Waals surface area contributed by atoms with Crippen molar-refractivity contribution in [3.63, 3.8) is 0 Å². The molecule has 1 heterocycles. The van der Waals surface area contributed by atoms with E-state index >= 15 is 0 Å². The van der Waals surface area contributed by atoms with Gasteiger partial charge in [0, 0.05) is 5.69 Å². The maximum atomic E-state index is 12.1. The molecule has 0 aliphatic rings. The number of aromatic nitrogens is 3. The standard InChI is InChI=1S/C18H17N5O3/c1-11-7-8-12(9-14(11)24)16(25)26-10-15-21-17(19)23-18(22-15)20-13-5-3-2-4-6-13/h2-9,24H,10H2,1H3,(H3,19,20,21,22,23). The van der Waals surface area contributed by atoms with Crippen LogP contribution in [0.1, 0.15) is 21.7 Å². The molecule has 0 aliphatic carbocycles. The van der Waals surface area contributed by atoms with Gasteiger partial charge in [0.1, 0.15) is 5.75 Å². The molecule has 0 saturated heterocycles. The van der Waals surface area contributed by atoms with Gasteiger partial charge in [0.05, 0.1) is 5.56 Å². The van der Waals surface area contributed by atoms with Crippen molar-refractivity contribution >= 4 is 23.6 Å². The van der Waals surface area contributed by atoms with Gasteiger partial charge in [-0.3, -0.25) is 0 Å². The van der Waals surface area contributed by atoms with Crippen molar-refractivity contribution in [1.29, 1.82) is 0 Å². The van der Waals surface area contributed by atoms with Crippen LogP contribution in [-0.2, 0) is 11.3 Å². The second kappa shape index (κ2) is 7.47. The summed E-state index contributed by atoms with van der Waals surface area (Å²) in [5, 5.41) is 12.7. The first-order valence-corrected chi connectivity index (χ1v) is 7.80. The lowest BCUT2D eigenvalue weighted by Gasteiger charge is -2.08. The first kappa shape index (κ1) is 17.2. The molecule has 132 valence electrons. The zero-order valence-corrected chi connectivity index (χ0v) is 14.0. The summed E-state index contributed by atoms with van der Waals surface area (Å²) in [6, 6.07) is 13.9. The van der Waals surface area contributed by atoms with Crippen molar-refractivity contribution < 1.29 is 14.6 Å². The lowest BCUT2D eigenvalue weighted by Crippen LogP contribution is -2.11. The number of hydrogen-bond donors (Lipinski definition) is 3. The predicted octanol–water partition coefficient (Wildman–Crippen LogP) is 2.57. The number of anilines is 3. The second-order valence-electron chi connectivity index (χ2n) is 5.50. The number of aryl methyl sites for hydroxylation is 1. The number of carbonyl (C=O) groups is 1. The molecule has 0 amide bonds. The van der Waals surface area contributed by atoms with Crippen LogP contribution in [0.25, 0.3) is 0 Å². The van der Waals surface area contributed by atoms with Gasteiger partial charge in [0.2, 0.25) is 11.9 Å². The molecule has 0 bridgehead atoms. The molecule has 1 aromatic heterocycles. The number of nitrogens with two attached hydrogens (primary N) is 1. The zero-order valence-electron chi connectivity index (χ0n) is 14.0. The number of nitrogens with zero attached hydrogens (tertiary/aromatic N) is 3. The van der Waals surface area contributed by atoms with Crippen molar-refractivity contribution in [1.82, 2.24) is 15.0 Å². The Hall–Kier alpha value is -3.68. The SMILES string of the molecule is Cc1ccc(C(=O)OCc2nc(N)nc(Nc3ccccc3)n2)cc1O. The van der Waals surface area contributed by atoms with Crippen LogP contribution >= 0.6 is 0 Å². The maximum Gasteiger partial charge on any atom is 0.338 e. The van der Waals surface area contributed by atoms with Crippen molar-refractivity contribution in [2.75, 3.05) is 11.1 Å². The van der Waals surface area contributed by atoms with Gasteiger partial charge in [-0.15, -0.1) is 0 Å². The van der Waals surface area contributed by atoms with Crippen LogP contribution in [0.5, 0.6) is 5.75 Å². The van der Waals surface area contributed by atoms with Gasteiger partial charge < -0.3 is 20.9 Å². The van der Waals surface area contributed by atoms with E-state index < -0.39 is 5.97 Å². The van der Waals surface area contributed by atoms with Crippen molar-refractivity contribution in [2.24, 2.45) is 0 Å². The fourth-order valence-corrected chi connectivity index (χ4v) is 2.16. The quantitative estimate of drug-likeness (QED) is 0.599. The Bertz CT molecular complexity index is 931. The number of nitrogen functional groups attached to an aromatic ring is 1. The number of phenolic OH excluding ortho intramolecular Hbond substituents is 1. The van der Waals surface area contributed by atoms with E-state index in [9.17, 15) is 9.90 Å². The van der Waals surface area contributed by atoms with Gasteiger partial charge in [0.25, 0.3) is 0 Å². The summed E-state index contributed by atoms with van der Waals surface area (Å²) in [6.45, 7) is 1.56. The predicted molar refractivity (Wildman–Crippen MR) is 95.9 cm³/mol. The van der Waals surface area contributed by atoms with Crippen LogP contribution in [0.15, 0.2) is 48.5 Å². The molecular formula is C18H17N5O3. The molecule has 8 heteroatoms. The van der Waals surface area contributed by atoms with E-state index in [-0.39, 0.29) is 35.6 Å². The van der Waals surface area contributed by atoms with Gasteiger partial charge >= 0.3 is 5.97 Å². The normalized spacial score (nSPS) is 10.3. The number of para-hydroxylation sites is 1. The summed E-state index contributed by atoms with van der Waals surface area (Å²) < 4.78 is 5.18. The van der Waals surface area contributed by atoms with Gasteiger partial charge in [-0.1, -0.05) is 24.3 Å². The summed E-state index contributed by atoms with van der Waals surface area (Å²) in [7, 11) is 0. The number of hydrogen-bond acceptors (Lipinski definition) is 8. The van der Waals surface area contributed by atoms with E-state index in [1.54, 1.807) is 19.1 Å². The van der Waals surface area contributed by atoms with E-state index in [1.165, 1.54) is 6.07 Å². The maximum absolute atomic E-state index is 12.1. The topological polar surface area (TPSA) is 123 Å². The Labute approximate surface area is 149 Å². The molecule has 0 unspecified atom stereocenters. The number of carbonyl (C=O) groups excluding carboxylic acids is 1. The Morgan fingerprint density at radius 2 is 1.92 bits per heavy atom. The van der Waals surface area contributed by atoms with Crippen LogP contribution in [0, 0.1) is 6.92 Å². The summed E-state index contributed by atoms with van der Waals surface area (Å²) in [5.41, 5.74) is 7.38. The smallest absolute Gasteiger partial charge is 0.338 e. The first-order valence-electron chi connectivity index (χ1n) is 7.80. The second-order valence-corrected chi connectivity index (χ2v) is 5.50.